The van der Waals surface area contributed by atoms with Crippen molar-refractivity contribution in [3.05, 3.63) is 33.8 Å². The molecule has 0 saturated heterocycles. The summed E-state index contributed by atoms with van der Waals surface area (Å²) in [5.41, 5.74) is 3.24. The maximum Gasteiger partial charge on any atom is 0.0909 e. The van der Waals surface area contributed by atoms with Crippen LogP contribution >= 0.6 is 23.4 Å². The minimum atomic E-state index is -0.374. The van der Waals surface area contributed by atoms with Gasteiger partial charge in [0, 0.05) is 16.0 Å². The Morgan fingerprint density at radius 2 is 2.21 bits per heavy atom. The number of aryl methyl sites for hydroxylation is 1. The molecule has 0 aliphatic carbocycles. The Hall–Kier alpha value is -0.180. The number of benzene rings is 1. The van der Waals surface area contributed by atoms with E-state index < -0.39 is 0 Å². The van der Waals surface area contributed by atoms with E-state index in [4.69, 9.17) is 11.6 Å². The number of rotatable bonds is 0. The molecule has 0 bridgehead atoms. The molecule has 2 rings (SSSR count). The van der Waals surface area contributed by atoms with Crippen LogP contribution in [0.3, 0.4) is 0 Å². The highest BCUT2D eigenvalue weighted by Crippen LogP contribution is 2.40. The second-order valence-electron chi connectivity index (χ2n) is 3.78. The van der Waals surface area contributed by atoms with E-state index in [-0.39, 0.29) is 11.4 Å². The summed E-state index contributed by atoms with van der Waals surface area (Å²) in [5.74, 6) is 0.909. The topological polar surface area (TPSA) is 20.2 Å². The van der Waals surface area contributed by atoms with Crippen LogP contribution in [-0.4, -0.2) is 10.4 Å². The molecule has 2 unspecified atom stereocenters. The summed E-state index contributed by atoms with van der Waals surface area (Å²) < 4.78 is 0. The summed E-state index contributed by atoms with van der Waals surface area (Å²) >= 11 is 7.89. The quantitative estimate of drug-likeness (QED) is 0.735. The van der Waals surface area contributed by atoms with Crippen molar-refractivity contribution in [1.29, 1.82) is 0 Å². The fourth-order valence-electron chi connectivity index (χ4n) is 1.77. The van der Waals surface area contributed by atoms with Gasteiger partial charge in [-0.25, -0.2) is 0 Å². The first-order valence-electron chi connectivity index (χ1n) is 4.68. The van der Waals surface area contributed by atoms with Crippen molar-refractivity contribution in [2.24, 2.45) is 0 Å². The molecule has 1 aromatic rings. The van der Waals surface area contributed by atoms with Gasteiger partial charge in [-0.1, -0.05) is 24.6 Å². The smallest absolute Gasteiger partial charge is 0.0909 e. The number of fused-ring (bicyclic) bond motifs is 1. The van der Waals surface area contributed by atoms with E-state index in [9.17, 15) is 5.11 Å². The summed E-state index contributed by atoms with van der Waals surface area (Å²) in [4.78, 5) is 0. The predicted molar refractivity (Wildman–Crippen MR) is 61.9 cm³/mol. The van der Waals surface area contributed by atoms with Gasteiger partial charge in [0.05, 0.1) is 6.10 Å². The number of thioether (sulfide) groups is 1. The number of halogens is 1. The summed E-state index contributed by atoms with van der Waals surface area (Å²) in [6.45, 7) is 4.06. The highest BCUT2D eigenvalue weighted by Gasteiger charge is 2.26. The van der Waals surface area contributed by atoms with Crippen LogP contribution in [0.4, 0.5) is 0 Å². The van der Waals surface area contributed by atoms with E-state index in [0.717, 1.165) is 27.5 Å². The van der Waals surface area contributed by atoms with Gasteiger partial charge in [0.15, 0.2) is 0 Å². The minimum absolute atomic E-state index is 0.264. The molecule has 3 heteroatoms. The fraction of sp³-hybridized carbons (Fsp3) is 0.455. The van der Waals surface area contributed by atoms with Gasteiger partial charge in [-0.3, -0.25) is 0 Å². The summed E-state index contributed by atoms with van der Waals surface area (Å²) in [6.07, 6.45) is -0.374. The van der Waals surface area contributed by atoms with Crippen LogP contribution in [0.2, 0.25) is 5.02 Å². The number of hydrogen-bond acceptors (Lipinski definition) is 2. The van der Waals surface area contributed by atoms with Crippen LogP contribution in [0.15, 0.2) is 12.1 Å². The van der Waals surface area contributed by atoms with Crippen molar-refractivity contribution >= 4 is 23.4 Å². The Kier molecular flexibility index (Phi) is 2.78. The summed E-state index contributed by atoms with van der Waals surface area (Å²) in [5, 5.41) is 11.1. The molecule has 76 valence electrons. The monoisotopic (exact) mass is 228 g/mol. The molecule has 1 heterocycles. The standard InChI is InChI=1S/C11H13ClOS/c1-6-3-8-9(10(12)4-6)5-14-7(2)11(8)13/h3-4,7,11,13H,5H2,1-2H3. The van der Waals surface area contributed by atoms with E-state index in [1.807, 2.05) is 19.1 Å². The van der Waals surface area contributed by atoms with Crippen molar-refractivity contribution in [2.75, 3.05) is 0 Å². The third kappa shape index (κ3) is 1.67. The normalized spacial score (nSPS) is 26.0. The van der Waals surface area contributed by atoms with Crippen LogP contribution < -0.4 is 0 Å². The highest BCUT2D eigenvalue weighted by molar-refractivity contribution is 7.99. The van der Waals surface area contributed by atoms with Crippen LogP contribution in [-0.2, 0) is 5.75 Å². The zero-order valence-corrected chi connectivity index (χ0v) is 9.82. The van der Waals surface area contributed by atoms with Crippen molar-refractivity contribution in [3.8, 4) is 0 Å². The lowest BCUT2D eigenvalue weighted by molar-refractivity contribution is 0.177. The first kappa shape index (κ1) is 10.3. The third-order valence-corrected chi connectivity index (χ3v) is 4.20. The number of aliphatic hydroxyl groups excluding tert-OH is 1. The maximum absolute atomic E-state index is 10.00. The SMILES string of the molecule is Cc1cc(Cl)c2c(c1)C(O)C(C)SC2. The van der Waals surface area contributed by atoms with Crippen molar-refractivity contribution in [2.45, 2.75) is 31.0 Å². The molecule has 1 N–H and O–H groups in total. The van der Waals surface area contributed by atoms with E-state index in [2.05, 4.69) is 6.92 Å². The average Bonchev–Trinajstić information content (AvgIpc) is 2.12. The molecule has 1 aliphatic rings. The van der Waals surface area contributed by atoms with Gasteiger partial charge in [-0.15, -0.1) is 0 Å². The minimum Gasteiger partial charge on any atom is -0.387 e. The van der Waals surface area contributed by atoms with Gasteiger partial charge >= 0.3 is 0 Å². The van der Waals surface area contributed by atoms with Gasteiger partial charge in [-0.05, 0) is 29.7 Å². The van der Waals surface area contributed by atoms with Gasteiger partial charge < -0.3 is 5.11 Å². The second-order valence-corrected chi connectivity index (χ2v) is 5.55. The predicted octanol–water partition coefficient (Wildman–Crippen LogP) is 3.32. The van der Waals surface area contributed by atoms with E-state index >= 15 is 0 Å². The molecule has 0 saturated carbocycles. The molecule has 2 atom stereocenters. The molecular formula is C11H13ClOS. The Morgan fingerprint density at radius 3 is 2.93 bits per heavy atom. The summed E-state index contributed by atoms with van der Waals surface area (Å²) in [7, 11) is 0. The van der Waals surface area contributed by atoms with Gasteiger partial charge in [0.1, 0.15) is 0 Å². The van der Waals surface area contributed by atoms with Gasteiger partial charge in [-0.2, -0.15) is 11.8 Å². The third-order valence-electron chi connectivity index (χ3n) is 2.63. The molecule has 0 radical (unpaired) electrons. The van der Waals surface area contributed by atoms with Crippen LogP contribution in [0.25, 0.3) is 0 Å². The first-order chi connectivity index (χ1) is 6.59. The molecule has 1 nitrogen and oxygen atoms in total. The number of aliphatic hydroxyl groups is 1. The van der Waals surface area contributed by atoms with Crippen LogP contribution in [0.1, 0.15) is 29.7 Å². The Morgan fingerprint density at radius 1 is 1.50 bits per heavy atom. The molecular weight excluding hydrogens is 216 g/mol. The highest BCUT2D eigenvalue weighted by atomic mass is 35.5. The van der Waals surface area contributed by atoms with Crippen LogP contribution in [0, 0.1) is 6.92 Å². The summed E-state index contributed by atoms with van der Waals surface area (Å²) in [6, 6.07) is 4.01. The van der Waals surface area contributed by atoms with E-state index in [0.29, 0.717) is 0 Å². The lowest BCUT2D eigenvalue weighted by Crippen LogP contribution is -2.18. The Labute approximate surface area is 93.5 Å². The van der Waals surface area contributed by atoms with Crippen molar-refractivity contribution < 1.29 is 5.11 Å². The Bertz CT molecular complexity index is 365. The second kappa shape index (κ2) is 3.76. The molecule has 1 aliphatic heterocycles. The molecule has 0 fully saturated rings. The van der Waals surface area contributed by atoms with Crippen molar-refractivity contribution in [3.63, 3.8) is 0 Å². The molecule has 0 spiro atoms. The number of hydrogen-bond donors (Lipinski definition) is 1. The Balaban J connectivity index is 2.54. The van der Waals surface area contributed by atoms with E-state index in [1.165, 1.54) is 0 Å². The van der Waals surface area contributed by atoms with Gasteiger partial charge in [0.2, 0.25) is 0 Å². The lowest BCUT2D eigenvalue weighted by atomic mass is 9.98. The molecule has 0 amide bonds. The van der Waals surface area contributed by atoms with Crippen LogP contribution in [0.5, 0.6) is 0 Å². The fourth-order valence-corrected chi connectivity index (χ4v) is 3.28. The lowest BCUT2D eigenvalue weighted by Gasteiger charge is -2.28. The van der Waals surface area contributed by atoms with E-state index in [1.54, 1.807) is 11.8 Å². The van der Waals surface area contributed by atoms with Crippen molar-refractivity contribution in [1.82, 2.24) is 0 Å². The maximum atomic E-state index is 10.00. The van der Waals surface area contributed by atoms with Gasteiger partial charge in [0.25, 0.3) is 0 Å². The molecule has 0 aromatic heterocycles. The zero-order chi connectivity index (χ0) is 10.3. The molecule has 1 aromatic carbocycles. The largest absolute Gasteiger partial charge is 0.387 e. The molecule has 14 heavy (non-hydrogen) atoms. The zero-order valence-electron chi connectivity index (χ0n) is 8.25. The first-order valence-corrected chi connectivity index (χ1v) is 6.11. The average molecular weight is 229 g/mol.